The lowest BCUT2D eigenvalue weighted by molar-refractivity contribution is 0.264. The van der Waals surface area contributed by atoms with E-state index in [1.54, 1.807) is 0 Å². The maximum Gasteiger partial charge on any atom is 0.0143 e. The SMILES string of the molecule is CNCC1CCC(CNC2CC2c2ccccc2)CC1. The Morgan fingerprint density at radius 3 is 2.25 bits per heavy atom. The predicted molar refractivity (Wildman–Crippen MR) is 85.0 cm³/mol. The molecule has 0 spiro atoms. The fourth-order valence-corrected chi connectivity index (χ4v) is 3.74. The molecule has 20 heavy (non-hydrogen) atoms. The molecule has 1 aromatic carbocycles. The number of hydrogen-bond acceptors (Lipinski definition) is 2. The van der Waals surface area contributed by atoms with Gasteiger partial charge in [0, 0.05) is 12.0 Å². The van der Waals surface area contributed by atoms with Crippen molar-refractivity contribution < 1.29 is 0 Å². The van der Waals surface area contributed by atoms with E-state index >= 15 is 0 Å². The van der Waals surface area contributed by atoms with Gasteiger partial charge in [0.05, 0.1) is 0 Å². The molecular weight excluding hydrogens is 244 g/mol. The third-order valence-corrected chi connectivity index (χ3v) is 5.15. The van der Waals surface area contributed by atoms with Crippen LogP contribution in [0.25, 0.3) is 0 Å². The van der Waals surface area contributed by atoms with Gasteiger partial charge >= 0.3 is 0 Å². The van der Waals surface area contributed by atoms with Crippen LogP contribution in [0.1, 0.15) is 43.6 Å². The van der Waals surface area contributed by atoms with Crippen molar-refractivity contribution in [3.63, 3.8) is 0 Å². The van der Waals surface area contributed by atoms with Crippen molar-refractivity contribution in [1.82, 2.24) is 10.6 Å². The Bertz CT molecular complexity index is 395. The summed E-state index contributed by atoms with van der Waals surface area (Å²) in [5, 5.41) is 7.13. The van der Waals surface area contributed by atoms with Crippen LogP contribution in [0.4, 0.5) is 0 Å². The summed E-state index contributed by atoms with van der Waals surface area (Å²) in [5.74, 6) is 2.62. The molecule has 0 radical (unpaired) electrons. The maximum atomic E-state index is 3.81. The Hall–Kier alpha value is -0.860. The first-order valence-corrected chi connectivity index (χ1v) is 8.29. The monoisotopic (exact) mass is 272 g/mol. The Labute approximate surface area is 123 Å². The fraction of sp³-hybridized carbons (Fsp3) is 0.667. The molecule has 3 rings (SSSR count). The maximum absolute atomic E-state index is 3.81. The molecule has 2 nitrogen and oxygen atoms in total. The Kier molecular flexibility index (Phi) is 4.74. The first kappa shape index (κ1) is 14.1. The summed E-state index contributed by atoms with van der Waals surface area (Å²) >= 11 is 0. The van der Waals surface area contributed by atoms with Crippen LogP contribution in [0.2, 0.25) is 0 Å². The van der Waals surface area contributed by atoms with E-state index in [2.05, 4.69) is 48.0 Å². The zero-order chi connectivity index (χ0) is 13.8. The molecule has 2 N–H and O–H groups in total. The van der Waals surface area contributed by atoms with Crippen LogP contribution in [0, 0.1) is 11.8 Å². The van der Waals surface area contributed by atoms with E-state index in [0.29, 0.717) is 0 Å². The van der Waals surface area contributed by atoms with E-state index in [4.69, 9.17) is 0 Å². The second-order valence-corrected chi connectivity index (χ2v) is 6.71. The van der Waals surface area contributed by atoms with Crippen LogP contribution in [-0.4, -0.2) is 26.2 Å². The summed E-state index contributed by atoms with van der Waals surface area (Å²) in [4.78, 5) is 0. The fourth-order valence-electron chi connectivity index (χ4n) is 3.74. The van der Waals surface area contributed by atoms with Crippen molar-refractivity contribution in [2.24, 2.45) is 11.8 Å². The molecule has 0 amide bonds. The van der Waals surface area contributed by atoms with E-state index in [9.17, 15) is 0 Å². The van der Waals surface area contributed by atoms with Crippen LogP contribution in [0.5, 0.6) is 0 Å². The Balaban J connectivity index is 1.36. The minimum absolute atomic E-state index is 0.743. The highest BCUT2D eigenvalue weighted by Crippen LogP contribution is 2.41. The van der Waals surface area contributed by atoms with Gasteiger partial charge in [-0.25, -0.2) is 0 Å². The summed E-state index contributed by atoms with van der Waals surface area (Å²) in [6.07, 6.45) is 7.00. The standard InChI is InChI=1S/C18H28N2/c1-19-12-14-7-9-15(10-8-14)13-20-18-11-17(18)16-5-3-2-4-6-16/h2-6,14-15,17-20H,7-13H2,1H3. The van der Waals surface area contributed by atoms with Gasteiger partial charge in [-0.1, -0.05) is 30.3 Å². The molecule has 2 saturated carbocycles. The molecule has 2 atom stereocenters. The average Bonchev–Trinajstić information content (AvgIpc) is 3.27. The zero-order valence-electron chi connectivity index (χ0n) is 12.6. The lowest BCUT2D eigenvalue weighted by Crippen LogP contribution is -2.30. The zero-order valence-corrected chi connectivity index (χ0v) is 12.6. The van der Waals surface area contributed by atoms with Gasteiger partial charge in [0.25, 0.3) is 0 Å². The van der Waals surface area contributed by atoms with Gasteiger partial charge in [-0.15, -0.1) is 0 Å². The number of rotatable bonds is 6. The molecule has 2 aliphatic carbocycles. The van der Waals surface area contributed by atoms with E-state index in [0.717, 1.165) is 23.8 Å². The molecular formula is C18H28N2. The Morgan fingerprint density at radius 2 is 1.60 bits per heavy atom. The number of benzene rings is 1. The highest BCUT2D eigenvalue weighted by atomic mass is 15.0. The predicted octanol–water partition coefficient (Wildman–Crippen LogP) is 3.16. The van der Waals surface area contributed by atoms with Gasteiger partial charge in [0.15, 0.2) is 0 Å². The minimum atomic E-state index is 0.743. The molecule has 110 valence electrons. The summed E-state index contributed by atoms with van der Waals surface area (Å²) < 4.78 is 0. The molecule has 0 aromatic heterocycles. The summed E-state index contributed by atoms with van der Waals surface area (Å²) in [6.45, 7) is 2.44. The number of nitrogens with one attached hydrogen (secondary N) is 2. The van der Waals surface area contributed by atoms with E-state index < -0.39 is 0 Å². The molecule has 1 aromatic rings. The third kappa shape index (κ3) is 3.62. The minimum Gasteiger partial charge on any atom is -0.319 e. The smallest absolute Gasteiger partial charge is 0.0143 e. The summed E-state index contributed by atoms with van der Waals surface area (Å²) in [5.41, 5.74) is 1.52. The molecule has 2 fully saturated rings. The van der Waals surface area contributed by atoms with E-state index in [1.165, 1.54) is 50.8 Å². The first-order chi connectivity index (χ1) is 9.86. The summed E-state index contributed by atoms with van der Waals surface area (Å²) in [7, 11) is 2.07. The molecule has 0 saturated heterocycles. The number of hydrogen-bond donors (Lipinski definition) is 2. The second-order valence-electron chi connectivity index (χ2n) is 6.71. The van der Waals surface area contributed by atoms with Crippen molar-refractivity contribution in [3.05, 3.63) is 35.9 Å². The van der Waals surface area contributed by atoms with Crippen molar-refractivity contribution in [3.8, 4) is 0 Å². The molecule has 0 heterocycles. The van der Waals surface area contributed by atoms with Crippen LogP contribution in [-0.2, 0) is 0 Å². The molecule has 2 unspecified atom stereocenters. The largest absolute Gasteiger partial charge is 0.319 e. The van der Waals surface area contributed by atoms with Crippen LogP contribution < -0.4 is 10.6 Å². The quantitative estimate of drug-likeness (QED) is 0.831. The van der Waals surface area contributed by atoms with Gasteiger partial charge in [-0.3, -0.25) is 0 Å². The highest BCUT2D eigenvalue weighted by Gasteiger charge is 2.38. The normalized spacial score (nSPS) is 33.0. The van der Waals surface area contributed by atoms with Crippen LogP contribution in [0.3, 0.4) is 0 Å². The Morgan fingerprint density at radius 1 is 0.950 bits per heavy atom. The topological polar surface area (TPSA) is 24.1 Å². The van der Waals surface area contributed by atoms with Gasteiger partial charge in [0.1, 0.15) is 0 Å². The van der Waals surface area contributed by atoms with Crippen molar-refractivity contribution >= 4 is 0 Å². The second kappa shape index (κ2) is 6.73. The van der Waals surface area contributed by atoms with Crippen molar-refractivity contribution in [1.29, 1.82) is 0 Å². The lowest BCUT2D eigenvalue weighted by Gasteiger charge is -2.28. The van der Waals surface area contributed by atoms with Gasteiger partial charge in [0.2, 0.25) is 0 Å². The van der Waals surface area contributed by atoms with Gasteiger partial charge in [-0.2, -0.15) is 0 Å². The lowest BCUT2D eigenvalue weighted by atomic mass is 9.82. The van der Waals surface area contributed by atoms with Gasteiger partial charge < -0.3 is 10.6 Å². The molecule has 0 aliphatic heterocycles. The van der Waals surface area contributed by atoms with Crippen LogP contribution in [0.15, 0.2) is 30.3 Å². The van der Waals surface area contributed by atoms with Gasteiger partial charge in [-0.05, 0) is 69.6 Å². The third-order valence-electron chi connectivity index (χ3n) is 5.15. The van der Waals surface area contributed by atoms with Crippen LogP contribution >= 0.6 is 0 Å². The average molecular weight is 272 g/mol. The molecule has 2 heteroatoms. The molecule has 0 bridgehead atoms. The van der Waals surface area contributed by atoms with E-state index in [1.807, 2.05) is 0 Å². The first-order valence-electron chi connectivity index (χ1n) is 8.29. The van der Waals surface area contributed by atoms with E-state index in [-0.39, 0.29) is 0 Å². The highest BCUT2D eigenvalue weighted by molar-refractivity contribution is 5.27. The van der Waals surface area contributed by atoms with Crippen molar-refractivity contribution in [2.75, 3.05) is 20.1 Å². The summed E-state index contributed by atoms with van der Waals surface area (Å²) in [6, 6.07) is 11.7. The molecule has 2 aliphatic rings. The van der Waals surface area contributed by atoms with Crippen molar-refractivity contribution in [2.45, 2.75) is 44.1 Å².